The molecule has 0 saturated heterocycles. The van der Waals surface area contributed by atoms with Crippen LogP contribution in [0.25, 0.3) is 54.6 Å². The van der Waals surface area contributed by atoms with Gasteiger partial charge in [-0.05, 0) is 81.4 Å². The molecule has 3 nitrogen and oxygen atoms in total. The van der Waals surface area contributed by atoms with Crippen molar-refractivity contribution in [1.29, 1.82) is 0 Å². The molecule has 1 aliphatic heterocycles. The van der Waals surface area contributed by atoms with Crippen LogP contribution in [0.4, 0.5) is 0 Å². The third-order valence-corrected chi connectivity index (χ3v) is 8.69. The lowest BCUT2D eigenvalue weighted by Crippen LogP contribution is -2.22. The summed E-state index contributed by atoms with van der Waals surface area (Å²) in [6.07, 6.45) is 8.10. The Balaban J connectivity index is 1.51. The Bertz CT molecular complexity index is 1990. The molecule has 8 rings (SSSR count). The van der Waals surface area contributed by atoms with Gasteiger partial charge in [0.25, 0.3) is 0 Å². The van der Waals surface area contributed by atoms with Gasteiger partial charge in [0.2, 0.25) is 0 Å². The molecule has 0 saturated carbocycles. The highest BCUT2D eigenvalue weighted by molar-refractivity contribution is 6.26. The third-order valence-electron chi connectivity index (χ3n) is 8.69. The first-order chi connectivity index (χ1) is 18.1. The number of aliphatic imine (C=N–C) groups is 1. The highest BCUT2D eigenvalue weighted by atomic mass is 15.0. The SMILES string of the molecule is Cc1cccc2c3ccc(-n4c5c(c6ccncc64)C4=C(CCC=N4)C5(C)C)cc3c3ccccc3c12. The molecule has 1 aliphatic carbocycles. The summed E-state index contributed by atoms with van der Waals surface area (Å²) in [5.41, 5.74) is 8.80. The second kappa shape index (κ2) is 7.17. The number of pyridine rings is 1. The van der Waals surface area contributed by atoms with E-state index >= 15 is 0 Å². The molecule has 3 heterocycles. The van der Waals surface area contributed by atoms with Gasteiger partial charge in [0.05, 0.1) is 17.4 Å². The van der Waals surface area contributed by atoms with Crippen LogP contribution in [0.2, 0.25) is 0 Å². The predicted octanol–water partition coefficient (Wildman–Crippen LogP) is 8.66. The molecule has 0 N–H and O–H groups in total. The normalized spacial score (nSPS) is 16.3. The van der Waals surface area contributed by atoms with Crippen molar-refractivity contribution in [2.75, 3.05) is 0 Å². The van der Waals surface area contributed by atoms with E-state index < -0.39 is 0 Å². The molecule has 2 aliphatic rings. The summed E-state index contributed by atoms with van der Waals surface area (Å²) >= 11 is 0. The number of hydrogen-bond acceptors (Lipinski definition) is 2. The van der Waals surface area contributed by atoms with Gasteiger partial charge in [0.15, 0.2) is 0 Å². The van der Waals surface area contributed by atoms with E-state index in [-0.39, 0.29) is 5.41 Å². The van der Waals surface area contributed by atoms with E-state index in [4.69, 9.17) is 4.99 Å². The van der Waals surface area contributed by atoms with Gasteiger partial charge < -0.3 is 4.57 Å². The molecule has 4 aromatic carbocycles. The first-order valence-corrected chi connectivity index (χ1v) is 13.2. The smallest absolute Gasteiger partial charge is 0.0724 e. The van der Waals surface area contributed by atoms with Crippen LogP contribution < -0.4 is 0 Å². The number of benzene rings is 4. The van der Waals surface area contributed by atoms with E-state index in [0.29, 0.717) is 0 Å². The second-order valence-corrected chi connectivity index (χ2v) is 11.0. The molecule has 0 radical (unpaired) electrons. The van der Waals surface area contributed by atoms with Crippen molar-refractivity contribution in [2.24, 2.45) is 4.99 Å². The van der Waals surface area contributed by atoms with E-state index in [0.717, 1.165) is 18.4 Å². The molecule has 6 aromatic rings. The van der Waals surface area contributed by atoms with Gasteiger partial charge in [-0.3, -0.25) is 9.98 Å². The van der Waals surface area contributed by atoms with Crippen molar-refractivity contribution in [3.8, 4) is 5.69 Å². The molecule has 0 unspecified atom stereocenters. The molecule has 0 fully saturated rings. The lowest BCUT2D eigenvalue weighted by molar-refractivity contribution is 0.581. The quantitative estimate of drug-likeness (QED) is 0.218. The molecule has 3 heteroatoms. The summed E-state index contributed by atoms with van der Waals surface area (Å²) in [5.74, 6) is 0. The van der Waals surface area contributed by atoms with Crippen molar-refractivity contribution in [3.05, 3.63) is 102 Å². The van der Waals surface area contributed by atoms with Crippen LogP contribution in [0.1, 0.15) is 43.5 Å². The summed E-state index contributed by atoms with van der Waals surface area (Å²) in [7, 11) is 0. The molecular formula is C34H27N3. The number of fused-ring (bicyclic) bond motifs is 10. The summed E-state index contributed by atoms with van der Waals surface area (Å²) in [5, 5.41) is 9.11. The molecule has 2 aromatic heterocycles. The Hall–Kier alpha value is -4.24. The minimum Gasteiger partial charge on any atom is -0.310 e. The van der Waals surface area contributed by atoms with Crippen LogP contribution in [0, 0.1) is 6.92 Å². The molecule has 0 amide bonds. The van der Waals surface area contributed by atoms with Gasteiger partial charge in [0.1, 0.15) is 0 Å². The van der Waals surface area contributed by atoms with Crippen LogP contribution in [0.3, 0.4) is 0 Å². The Morgan fingerprint density at radius 2 is 1.59 bits per heavy atom. The van der Waals surface area contributed by atoms with Gasteiger partial charge >= 0.3 is 0 Å². The van der Waals surface area contributed by atoms with Gasteiger partial charge in [-0.15, -0.1) is 0 Å². The van der Waals surface area contributed by atoms with E-state index in [1.54, 1.807) is 0 Å². The summed E-state index contributed by atoms with van der Waals surface area (Å²) < 4.78 is 2.46. The third kappa shape index (κ3) is 2.61. The van der Waals surface area contributed by atoms with E-state index in [2.05, 4.69) is 103 Å². The van der Waals surface area contributed by atoms with Crippen LogP contribution in [-0.4, -0.2) is 15.8 Å². The maximum absolute atomic E-state index is 4.94. The topological polar surface area (TPSA) is 30.2 Å². The highest BCUT2D eigenvalue weighted by Crippen LogP contribution is 2.53. The average molecular weight is 478 g/mol. The molecule has 37 heavy (non-hydrogen) atoms. The van der Waals surface area contributed by atoms with E-state index in [9.17, 15) is 0 Å². The monoisotopic (exact) mass is 477 g/mol. The second-order valence-electron chi connectivity index (χ2n) is 11.0. The Kier molecular flexibility index (Phi) is 4.05. The number of nitrogens with zero attached hydrogens (tertiary/aromatic N) is 3. The predicted molar refractivity (Wildman–Crippen MR) is 156 cm³/mol. The molecule has 0 atom stereocenters. The fourth-order valence-corrected chi connectivity index (χ4v) is 7.08. The molecule has 0 spiro atoms. The number of aromatic nitrogens is 2. The van der Waals surface area contributed by atoms with Crippen LogP contribution in [0.15, 0.2) is 89.7 Å². The fraction of sp³-hybridized carbons (Fsp3) is 0.176. The summed E-state index contributed by atoms with van der Waals surface area (Å²) in [4.78, 5) is 9.49. The first kappa shape index (κ1) is 20.9. The van der Waals surface area contributed by atoms with Crippen molar-refractivity contribution < 1.29 is 0 Å². The zero-order valence-electron chi connectivity index (χ0n) is 21.3. The average Bonchev–Trinajstić information content (AvgIpc) is 3.39. The maximum atomic E-state index is 4.94. The van der Waals surface area contributed by atoms with Crippen molar-refractivity contribution in [1.82, 2.24) is 9.55 Å². The highest BCUT2D eigenvalue weighted by Gasteiger charge is 2.43. The first-order valence-electron chi connectivity index (χ1n) is 13.2. The number of rotatable bonds is 1. The van der Waals surface area contributed by atoms with Crippen LogP contribution in [-0.2, 0) is 5.41 Å². The Morgan fingerprint density at radius 1 is 0.811 bits per heavy atom. The number of allylic oxidation sites excluding steroid dienone is 1. The zero-order valence-corrected chi connectivity index (χ0v) is 21.3. The minimum absolute atomic E-state index is 0.0982. The fourth-order valence-electron chi connectivity index (χ4n) is 7.08. The zero-order chi connectivity index (χ0) is 24.9. The van der Waals surface area contributed by atoms with Gasteiger partial charge in [0, 0.05) is 40.2 Å². The Labute approximate surface area is 215 Å². The summed E-state index contributed by atoms with van der Waals surface area (Å²) in [6.45, 7) is 6.95. The van der Waals surface area contributed by atoms with Crippen molar-refractivity contribution in [3.63, 3.8) is 0 Å². The number of aryl methyl sites for hydroxylation is 1. The van der Waals surface area contributed by atoms with E-state index in [1.165, 1.54) is 71.5 Å². The lowest BCUT2D eigenvalue weighted by atomic mass is 9.81. The van der Waals surface area contributed by atoms with Gasteiger partial charge in [-0.2, -0.15) is 0 Å². The molecular weight excluding hydrogens is 450 g/mol. The number of hydrogen-bond donors (Lipinski definition) is 0. The van der Waals surface area contributed by atoms with Crippen LogP contribution >= 0.6 is 0 Å². The van der Waals surface area contributed by atoms with E-state index in [1.807, 2.05) is 12.4 Å². The van der Waals surface area contributed by atoms with Crippen molar-refractivity contribution >= 4 is 55.1 Å². The lowest BCUT2D eigenvalue weighted by Gasteiger charge is -2.27. The summed E-state index contributed by atoms with van der Waals surface area (Å²) in [6, 6.07) is 24.7. The van der Waals surface area contributed by atoms with Gasteiger partial charge in [-0.1, -0.05) is 62.4 Å². The van der Waals surface area contributed by atoms with Gasteiger partial charge in [-0.25, -0.2) is 0 Å². The maximum Gasteiger partial charge on any atom is 0.0724 e. The molecule has 0 bridgehead atoms. The molecule has 178 valence electrons. The van der Waals surface area contributed by atoms with Crippen LogP contribution in [0.5, 0.6) is 0 Å². The largest absolute Gasteiger partial charge is 0.310 e. The van der Waals surface area contributed by atoms with Crippen molar-refractivity contribution in [2.45, 2.75) is 39.0 Å². The minimum atomic E-state index is -0.0982. The standard InChI is InChI=1S/C34H27N3/c1-20-8-6-11-25-23-14-13-21(18-27(23)22-9-4-5-10-24(22)30(20)25)37-29-19-35-17-15-26(29)31-32-28(12-7-16-36-32)34(2,3)33(31)37/h4-6,8-11,13-19H,7,12H2,1-3H3. The Morgan fingerprint density at radius 3 is 2.46 bits per heavy atom.